The Balaban J connectivity index is 2.41. The largest absolute Gasteiger partial charge is 0.472 e. The van der Waals surface area contributed by atoms with Crippen LogP contribution in [0.5, 0.6) is 0 Å². The van der Waals surface area contributed by atoms with Gasteiger partial charge in [-0.1, -0.05) is 0 Å². The molecular weight excluding hydrogens is 172 g/mol. The molecule has 0 fully saturated rings. The Morgan fingerprint density at radius 3 is 3.08 bits per heavy atom. The smallest absolute Gasteiger partial charge is 0.335 e. The lowest BCUT2D eigenvalue weighted by atomic mass is 10.1. The zero-order valence-corrected chi connectivity index (χ0v) is 7.40. The lowest BCUT2D eigenvalue weighted by molar-refractivity contribution is -0.152. The van der Waals surface area contributed by atoms with E-state index in [0.717, 1.165) is 5.56 Å². The van der Waals surface area contributed by atoms with E-state index in [2.05, 4.69) is 4.74 Å². The average molecular weight is 184 g/mol. The molecule has 1 aromatic heterocycles. The first-order chi connectivity index (χ1) is 6.24. The molecule has 72 valence electrons. The molecule has 0 saturated heterocycles. The van der Waals surface area contributed by atoms with Gasteiger partial charge in [0, 0.05) is 6.42 Å². The number of furan rings is 1. The van der Waals surface area contributed by atoms with Gasteiger partial charge in [-0.15, -0.1) is 0 Å². The van der Waals surface area contributed by atoms with Crippen molar-refractivity contribution in [1.29, 1.82) is 0 Å². The highest BCUT2D eigenvalue weighted by Crippen LogP contribution is 2.05. The van der Waals surface area contributed by atoms with E-state index < -0.39 is 12.1 Å². The topological polar surface area (TPSA) is 59.7 Å². The van der Waals surface area contributed by atoms with Crippen molar-refractivity contribution in [3.05, 3.63) is 24.2 Å². The third-order valence-electron chi connectivity index (χ3n) is 1.57. The van der Waals surface area contributed by atoms with Crippen molar-refractivity contribution < 1.29 is 19.1 Å². The van der Waals surface area contributed by atoms with Gasteiger partial charge in [0.05, 0.1) is 19.1 Å². The molecule has 0 bridgehead atoms. The zero-order valence-electron chi connectivity index (χ0n) is 7.40. The van der Waals surface area contributed by atoms with E-state index in [4.69, 9.17) is 4.42 Å². The molecule has 13 heavy (non-hydrogen) atoms. The van der Waals surface area contributed by atoms with E-state index in [1.54, 1.807) is 13.0 Å². The first-order valence-corrected chi connectivity index (χ1v) is 4.09. The molecule has 4 nitrogen and oxygen atoms in total. The van der Waals surface area contributed by atoms with Gasteiger partial charge in [-0.2, -0.15) is 0 Å². The normalized spacial score (nSPS) is 12.5. The lowest BCUT2D eigenvalue weighted by Crippen LogP contribution is -2.25. The first kappa shape index (κ1) is 9.80. The molecule has 1 unspecified atom stereocenters. The van der Waals surface area contributed by atoms with Crippen LogP contribution in [0.15, 0.2) is 23.0 Å². The van der Waals surface area contributed by atoms with Crippen LogP contribution >= 0.6 is 0 Å². The second-order valence-corrected chi connectivity index (χ2v) is 2.60. The van der Waals surface area contributed by atoms with Crippen LogP contribution in [0.1, 0.15) is 12.5 Å². The van der Waals surface area contributed by atoms with Gasteiger partial charge in [-0.3, -0.25) is 0 Å². The van der Waals surface area contributed by atoms with Crippen LogP contribution in [0, 0.1) is 0 Å². The van der Waals surface area contributed by atoms with E-state index in [-0.39, 0.29) is 13.0 Å². The summed E-state index contributed by atoms with van der Waals surface area (Å²) in [6, 6.07) is 1.70. The lowest BCUT2D eigenvalue weighted by Gasteiger charge is -2.07. The Labute approximate surface area is 76.1 Å². The molecule has 0 aliphatic rings. The van der Waals surface area contributed by atoms with E-state index in [0.29, 0.717) is 0 Å². The summed E-state index contributed by atoms with van der Waals surface area (Å²) in [5.74, 6) is -0.594. The van der Waals surface area contributed by atoms with Crippen LogP contribution in [-0.4, -0.2) is 23.8 Å². The predicted molar refractivity (Wildman–Crippen MR) is 45.1 cm³/mol. The minimum Gasteiger partial charge on any atom is -0.472 e. The number of aliphatic hydroxyl groups is 1. The van der Waals surface area contributed by atoms with Gasteiger partial charge in [0.1, 0.15) is 0 Å². The summed E-state index contributed by atoms with van der Waals surface area (Å²) in [5.41, 5.74) is 0.778. The fraction of sp³-hybridized carbons (Fsp3) is 0.444. The molecule has 4 heteroatoms. The number of hydrogen-bond acceptors (Lipinski definition) is 4. The maximum absolute atomic E-state index is 11.0. The van der Waals surface area contributed by atoms with Gasteiger partial charge in [-0.25, -0.2) is 4.79 Å². The Morgan fingerprint density at radius 1 is 1.77 bits per heavy atom. The molecular formula is C9H12O4. The third-order valence-corrected chi connectivity index (χ3v) is 1.57. The average Bonchev–Trinajstić information content (AvgIpc) is 2.57. The number of hydrogen-bond donors (Lipinski definition) is 1. The highest BCUT2D eigenvalue weighted by atomic mass is 16.5. The van der Waals surface area contributed by atoms with Crippen molar-refractivity contribution in [2.24, 2.45) is 0 Å². The van der Waals surface area contributed by atoms with Gasteiger partial charge < -0.3 is 14.3 Å². The molecule has 0 saturated carbocycles. The molecule has 0 spiro atoms. The summed E-state index contributed by atoms with van der Waals surface area (Å²) in [7, 11) is 0. The fourth-order valence-corrected chi connectivity index (χ4v) is 0.954. The van der Waals surface area contributed by atoms with Crippen LogP contribution in [0.3, 0.4) is 0 Å². The molecule has 1 aromatic rings. The van der Waals surface area contributed by atoms with Crippen molar-refractivity contribution in [1.82, 2.24) is 0 Å². The summed E-state index contributed by atoms with van der Waals surface area (Å²) in [4.78, 5) is 11.0. The zero-order chi connectivity index (χ0) is 9.68. The predicted octanol–water partition coefficient (Wildman–Crippen LogP) is 0.746. The Hall–Kier alpha value is -1.29. The summed E-state index contributed by atoms with van der Waals surface area (Å²) in [6.45, 7) is 1.98. The van der Waals surface area contributed by atoms with E-state index in [1.807, 2.05) is 0 Å². The number of aliphatic hydroxyl groups excluding tert-OH is 1. The Kier molecular flexibility index (Phi) is 3.52. The van der Waals surface area contributed by atoms with E-state index in [1.165, 1.54) is 12.5 Å². The third kappa shape index (κ3) is 2.91. The molecule has 1 N–H and O–H groups in total. The molecule has 1 heterocycles. The fourth-order valence-electron chi connectivity index (χ4n) is 0.954. The van der Waals surface area contributed by atoms with Crippen molar-refractivity contribution in [3.63, 3.8) is 0 Å². The number of carbonyl (C=O) groups is 1. The van der Waals surface area contributed by atoms with Crippen molar-refractivity contribution in [3.8, 4) is 0 Å². The minimum absolute atomic E-state index is 0.231. The van der Waals surface area contributed by atoms with E-state index in [9.17, 15) is 9.90 Å². The van der Waals surface area contributed by atoms with Crippen LogP contribution < -0.4 is 0 Å². The number of esters is 1. The van der Waals surface area contributed by atoms with Crippen LogP contribution in [0.2, 0.25) is 0 Å². The van der Waals surface area contributed by atoms with Gasteiger partial charge in [0.25, 0.3) is 0 Å². The molecule has 0 radical (unpaired) electrons. The Bertz CT molecular complexity index is 253. The second-order valence-electron chi connectivity index (χ2n) is 2.60. The number of rotatable bonds is 4. The van der Waals surface area contributed by atoms with Gasteiger partial charge >= 0.3 is 5.97 Å². The molecule has 0 aromatic carbocycles. The summed E-state index contributed by atoms with van der Waals surface area (Å²) in [6.07, 6.45) is 2.11. The quantitative estimate of drug-likeness (QED) is 0.701. The summed E-state index contributed by atoms with van der Waals surface area (Å²) < 4.78 is 9.42. The number of carbonyl (C=O) groups excluding carboxylic acids is 1. The second kappa shape index (κ2) is 4.67. The van der Waals surface area contributed by atoms with Crippen LogP contribution in [0.25, 0.3) is 0 Å². The van der Waals surface area contributed by atoms with Crippen molar-refractivity contribution in [2.75, 3.05) is 6.61 Å². The first-order valence-electron chi connectivity index (χ1n) is 4.09. The monoisotopic (exact) mass is 184 g/mol. The highest BCUT2D eigenvalue weighted by molar-refractivity contribution is 5.74. The molecule has 1 rings (SSSR count). The van der Waals surface area contributed by atoms with Crippen molar-refractivity contribution >= 4 is 5.97 Å². The molecule has 0 aliphatic carbocycles. The van der Waals surface area contributed by atoms with Crippen LogP contribution in [-0.2, 0) is 16.0 Å². The van der Waals surface area contributed by atoms with Crippen molar-refractivity contribution in [2.45, 2.75) is 19.4 Å². The van der Waals surface area contributed by atoms with Gasteiger partial charge in [0.15, 0.2) is 6.10 Å². The molecule has 0 amide bonds. The minimum atomic E-state index is -1.10. The molecule has 1 atom stereocenters. The SMILES string of the molecule is CCOC(=O)C(O)Cc1ccoc1. The number of ether oxygens (including phenoxy) is 1. The standard InChI is InChI=1S/C9H12O4/c1-2-13-9(11)8(10)5-7-3-4-12-6-7/h3-4,6,8,10H,2,5H2,1H3. The summed E-state index contributed by atoms with van der Waals surface area (Å²) >= 11 is 0. The summed E-state index contributed by atoms with van der Waals surface area (Å²) in [5, 5.41) is 9.30. The maximum atomic E-state index is 11.0. The Morgan fingerprint density at radius 2 is 2.54 bits per heavy atom. The highest BCUT2D eigenvalue weighted by Gasteiger charge is 2.16. The van der Waals surface area contributed by atoms with E-state index >= 15 is 0 Å². The molecule has 0 aliphatic heterocycles. The maximum Gasteiger partial charge on any atom is 0.335 e. The van der Waals surface area contributed by atoms with Gasteiger partial charge in [0.2, 0.25) is 0 Å². The van der Waals surface area contributed by atoms with Gasteiger partial charge in [-0.05, 0) is 18.6 Å². The van der Waals surface area contributed by atoms with Crippen LogP contribution in [0.4, 0.5) is 0 Å².